The molecular weight excluding hydrogens is 1770 g/mol. The Labute approximate surface area is 833 Å². The van der Waals surface area contributed by atoms with Gasteiger partial charge in [-0.3, -0.25) is 0 Å². The Morgan fingerprint density at radius 2 is 0.489 bits per heavy atom. The van der Waals surface area contributed by atoms with Gasteiger partial charge in [-0.2, -0.15) is 26.3 Å². The Kier molecular flexibility index (Phi) is 34.4. The minimum Gasteiger partial charge on any atom is -0.354 e. The lowest BCUT2D eigenvalue weighted by Gasteiger charge is -2.25. The zero-order valence-corrected chi connectivity index (χ0v) is 88.5. The molecule has 0 amide bonds. The van der Waals surface area contributed by atoms with E-state index in [1.165, 1.54) is 44.9 Å². The lowest BCUT2D eigenvalue weighted by Crippen LogP contribution is -2.48. The van der Waals surface area contributed by atoms with E-state index in [4.69, 9.17) is 19.9 Å². The molecule has 8 aromatic heterocycles. The summed E-state index contributed by atoms with van der Waals surface area (Å²) in [6, 6.07) is 33.6. The average Bonchev–Trinajstić information content (AvgIpc) is 1.52. The van der Waals surface area contributed by atoms with E-state index in [0.29, 0.717) is 69.0 Å². The number of fused-ring (bicyclic) bond motifs is 16. The molecule has 0 spiro atoms. The smallest absolute Gasteiger partial charge is 0.354 e. The van der Waals surface area contributed by atoms with Crippen LogP contribution in [0, 0.1) is 41.5 Å². The fourth-order valence-electron chi connectivity index (χ4n) is 22.8. The molecule has 4 N–H and O–H groups in total. The third kappa shape index (κ3) is 21.0. The van der Waals surface area contributed by atoms with E-state index in [1.54, 1.807) is 26.0 Å². The van der Waals surface area contributed by atoms with Gasteiger partial charge in [0.05, 0.1) is 67.6 Å². The van der Waals surface area contributed by atoms with Crippen LogP contribution < -0.4 is 0 Å². The number of thiophene rings is 2. The summed E-state index contributed by atoms with van der Waals surface area (Å²) in [6.07, 6.45) is 39.1. The summed E-state index contributed by atoms with van der Waals surface area (Å²) in [5.41, 5.74) is 32.9. The summed E-state index contributed by atoms with van der Waals surface area (Å²) in [6.45, 7) is 38.7. The number of hydrogen-bond acceptors (Lipinski definition) is 6. The SMILES string of the molecule is CCCCCCC1=C(C)c2nc1cc1[nH]c(c(C)c1CCCCCC)c(-c1cc(C3=C(c4cc(-c5c6nc(cc7[nH]c(c(C)c7CCCCCC)c(-c7ccccc7)c7nc(cc8[nH]c5c(C)c8CCCCCC)C(CCCCCC)=C7C)C(CCCCCC)=C6C)sc4C)C(F)(F)C(F)(F)C3(F)F)c(C)s1)c1nc(cc3[nH]c(c(C)c3CCCCCC)c2-c2ccccc2)C(CCCCCC)=C1C. The van der Waals surface area contributed by atoms with Crippen LogP contribution in [0.3, 0.4) is 0 Å². The van der Waals surface area contributed by atoms with Gasteiger partial charge in [-0.05, 0) is 320 Å². The van der Waals surface area contributed by atoms with E-state index in [9.17, 15) is 0 Å². The van der Waals surface area contributed by atoms with Crippen LogP contribution in [-0.4, -0.2) is 57.6 Å². The second-order valence-corrected chi connectivity index (χ2v) is 43.3. The van der Waals surface area contributed by atoms with E-state index in [2.05, 4.69) is 216 Å². The zero-order valence-electron chi connectivity index (χ0n) is 86.9. The number of hydrogen-bond donors (Lipinski definition) is 4. The molecule has 10 aromatic rings. The van der Waals surface area contributed by atoms with Crippen LogP contribution in [0.15, 0.2) is 97.1 Å². The van der Waals surface area contributed by atoms with Crippen LogP contribution in [0.4, 0.5) is 26.3 Å². The largest absolute Gasteiger partial charge is 0.380 e. The minimum atomic E-state index is -5.87. The topological polar surface area (TPSA) is 115 Å². The van der Waals surface area contributed by atoms with Crippen LogP contribution in [0.2, 0.25) is 0 Å². The van der Waals surface area contributed by atoms with Gasteiger partial charge in [0.1, 0.15) is 0 Å². The normalized spacial score (nSPS) is 14.8. The third-order valence-electron chi connectivity index (χ3n) is 31.0. The van der Waals surface area contributed by atoms with Crippen LogP contribution in [0.1, 0.15) is 425 Å². The second kappa shape index (κ2) is 46.2. The number of unbranched alkanes of at least 4 members (excludes halogenated alkanes) is 24. The van der Waals surface area contributed by atoms with Crippen molar-refractivity contribution in [3.63, 3.8) is 0 Å². The van der Waals surface area contributed by atoms with Crippen LogP contribution in [-0.2, 0) is 25.7 Å². The lowest BCUT2D eigenvalue weighted by molar-refractivity contribution is -0.254. The number of aromatic amines is 4. The highest BCUT2D eigenvalue weighted by molar-refractivity contribution is 7.16. The lowest BCUT2D eigenvalue weighted by atomic mass is 9.93. The maximum atomic E-state index is 18.7. The highest BCUT2D eigenvalue weighted by Crippen LogP contribution is 2.67. The number of aromatic nitrogens is 8. The van der Waals surface area contributed by atoms with Crippen LogP contribution in [0.5, 0.6) is 0 Å². The van der Waals surface area contributed by atoms with Crippen molar-refractivity contribution in [2.45, 2.75) is 399 Å². The van der Waals surface area contributed by atoms with Gasteiger partial charge in [0, 0.05) is 75.0 Å². The summed E-state index contributed by atoms with van der Waals surface area (Å²) in [5.74, 6) is -16.7. The summed E-state index contributed by atoms with van der Waals surface area (Å²) in [4.78, 5) is 41.3. The molecule has 0 saturated carbocycles. The maximum Gasteiger partial charge on any atom is 0.380 e. The van der Waals surface area contributed by atoms with Crippen molar-refractivity contribution < 1.29 is 26.3 Å². The van der Waals surface area contributed by atoms with Crippen molar-refractivity contribution >= 4 is 123 Å². The summed E-state index contributed by atoms with van der Waals surface area (Å²) < 4.78 is 111. The zero-order chi connectivity index (χ0) is 98.7. The second-order valence-electron chi connectivity index (χ2n) is 40.8. The van der Waals surface area contributed by atoms with Gasteiger partial charge in [0.15, 0.2) is 0 Å². The van der Waals surface area contributed by atoms with E-state index in [1.807, 2.05) is 0 Å². The monoisotopic (exact) mass is 1920 g/mol. The highest BCUT2D eigenvalue weighted by atomic mass is 32.1. The summed E-state index contributed by atoms with van der Waals surface area (Å²) in [5, 5.41) is 0. The number of benzene rings is 2. The van der Waals surface area contributed by atoms with Crippen molar-refractivity contribution in [1.29, 1.82) is 0 Å². The molecule has 2 aromatic carbocycles. The van der Waals surface area contributed by atoms with E-state index in [-0.39, 0.29) is 20.9 Å². The number of alkyl halides is 6. The van der Waals surface area contributed by atoms with Gasteiger partial charge >= 0.3 is 17.8 Å². The molecule has 0 saturated heterocycles. The van der Waals surface area contributed by atoms with Crippen LogP contribution in [0.25, 0.3) is 143 Å². The first-order chi connectivity index (χ1) is 67.1. The molecule has 12 heterocycles. The van der Waals surface area contributed by atoms with Crippen molar-refractivity contribution in [3.8, 4) is 43.1 Å². The molecule has 4 aliphatic heterocycles. The molecular formula is C123H154F6N8S2. The van der Waals surface area contributed by atoms with Gasteiger partial charge in [-0.1, -0.05) is 270 Å². The Morgan fingerprint density at radius 1 is 0.266 bits per heavy atom. The van der Waals surface area contributed by atoms with Crippen molar-refractivity contribution in [3.05, 3.63) is 208 Å². The summed E-state index contributed by atoms with van der Waals surface area (Å²) in [7, 11) is 0. The molecule has 15 rings (SSSR count). The highest BCUT2D eigenvalue weighted by Gasteiger charge is 2.80. The van der Waals surface area contributed by atoms with E-state index < -0.39 is 28.9 Å². The standard InChI is InChI=1S/C123H154F6N8S2/c1-19-27-35-49-61-87-75(9)113-107(85-57-45-43-46-58-85)114-76(10)88(62-50-36-28-20-2)98(131-114)72-102-92(66-54-40-32-24-6)80(14)118(135-102)109(117-79(13)91(65-53-39-31-23-5)101(134-117)71-97(87)130-113)105-69-95(83(17)138-105)111-112(122(126,127)123(128,129)121(111,124)125)96-70-106(139-84(96)18)110-119-81(15)93(67-55-41-33-25-7)103(136-119)73-99-89(63-51-37-29-21-3)77(11)115(132-99)108(86-59-47-44-48-60-86)116-78(12)90(64-52-38-30-22-4)100(133-116)74-104-94(68-56-42-34-26-8)82(16)120(110)137-104/h43-48,57-60,69-74,130,132,135,137H,19-42,49-56,61-68H2,1-18H3. The van der Waals surface area contributed by atoms with Gasteiger partial charge in [0.25, 0.3) is 0 Å². The predicted molar refractivity (Wildman–Crippen MR) is 586 cm³/mol. The van der Waals surface area contributed by atoms with Crippen molar-refractivity contribution in [2.24, 2.45) is 0 Å². The Hall–Kier alpha value is -9.64. The minimum absolute atomic E-state index is 0.198. The number of allylic oxidation sites excluding steroid dienone is 10. The molecule has 0 atom stereocenters. The molecule has 0 unspecified atom stereocenters. The Bertz CT molecular complexity index is 6260. The van der Waals surface area contributed by atoms with Gasteiger partial charge in [0.2, 0.25) is 0 Å². The molecule has 5 aliphatic rings. The first kappa shape index (κ1) is 104. The molecule has 8 nitrogen and oxygen atoms in total. The Balaban J connectivity index is 1.04. The molecule has 16 bridgehead atoms. The van der Waals surface area contributed by atoms with Gasteiger partial charge in [-0.15, -0.1) is 22.7 Å². The van der Waals surface area contributed by atoms with Crippen LogP contribution >= 0.6 is 22.7 Å². The number of rotatable bonds is 46. The van der Waals surface area contributed by atoms with E-state index >= 15 is 26.3 Å². The van der Waals surface area contributed by atoms with Gasteiger partial charge in [-0.25, -0.2) is 19.9 Å². The van der Waals surface area contributed by atoms with Gasteiger partial charge < -0.3 is 19.9 Å². The van der Waals surface area contributed by atoms with Crippen molar-refractivity contribution in [2.75, 3.05) is 0 Å². The predicted octanol–water partition coefficient (Wildman–Crippen LogP) is 39.5. The van der Waals surface area contributed by atoms with Crippen molar-refractivity contribution in [1.82, 2.24) is 39.9 Å². The molecule has 16 heteroatoms. The maximum absolute atomic E-state index is 18.7. The first-order valence-corrected chi connectivity index (χ1v) is 55.4. The number of halogens is 6. The third-order valence-corrected chi connectivity index (χ3v) is 33.2. The molecule has 740 valence electrons. The van der Waals surface area contributed by atoms with E-state index in [0.717, 1.165) is 387 Å². The number of H-pyrrole nitrogens is 4. The first-order valence-electron chi connectivity index (χ1n) is 53.8. The average molecular weight is 1920 g/mol. The summed E-state index contributed by atoms with van der Waals surface area (Å²) >= 11 is 2.36. The Morgan fingerprint density at radius 3 is 0.727 bits per heavy atom. The fraction of sp³-hybridized carbons (Fsp3) is 0.496. The number of aryl methyl sites for hydroxylation is 10. The molecule has 0 radical (unpaired) electrons. The molecule has 0 fully saturated rings. The number of nitrogens with zero attached hydrogens (tertiary/aromatic N) is 4. The molecule has 1 aliphatic carbocycles. The quantitative estimate of drug-likeness (QED) is 0.0225. The number of nitrogens with one attached hydrogen (secondary N) is 4. The fourth-order valence-corrected chi connectivity index (χ4v) is 24.9. The molecule has 139 heavy (non-hydrogen) atoms.